The molecule has 1 aromatic carbocycles. The Morgan fingerprint density at radius 1 is 1.10 bits per heavy atom. The fourth-order valence-electron chi connectivity index (χ4n) is 2.82. The zero-order valence-corrected chi connectivity index (χ0v) is 12.9. The van der Waals surface area contributed by atoms with Gasteiger partial charge in [-0.2, -0.15) is 0 Å². The predicted octanol–water partition coefficient (Wildman–Crippen LogP) is 2.45. The van der Waals surface area contributed by atoms with Gasteiger partial charge in [0.1, 0.15) is 0 Å². The van der Waals surface area contributed by atoms with Crippen LogP contribution in [0.5, 0.6) is 0 Å². The molecule has 1 aromatic rings. The summed E-state index contributed by atoms with van der Waals surface area (Å²) in [6.07, 6.45) is 0. The Balaban J connectivity index is 1.84. The normalized spacial score (nSPS) is 17.6. The van der Waals surface area contributed by atoms with Crippen molar-refractivity contribution >= 4 is 5.78 Å². The first-order chi connectivity index (χ1) is 9.56. The monoisotopic (exact) mass is 274 g/mol. The minimum atomic E-state index is 0.250. The molecule has 3 heteroatoms. The van der Waals surface area contributed by atoms with Crippen molar-refractivity contribution in [3.8, 4) is 0 Å². The molecule has 0 unspecified atom stereocenters. The summed E-state index contributed by atoms with van der Waals surface area (Å²) in [5, 5.41) is 0. The first kappa shape index (κ1) is 15.2. The second-order valence-corrected chi connectivity index (χ2v) is 6.21. The van der Waals surface area contributed by atoms with E-state index in [4.69, 9.17) is 0 Å². The van der Waals surface area contributed by atoms with E-state index in [1.165, 1.54) is 6.54 Å². The fraction of sp³-hybridized carbons (Fsp3) is 0.588. The topological polar surface area (TPSA) is 23.6 Å². The lowest BCUT2D eigenvalue weighted by Gasteiger charge is -2.35. The highest BCUT2D eigenvalue weighted by molar-refractivity contribution is 5.98. The molecular weight excluding hydrogens is 248 g/mol. The van der Waals surface area contributed by atoms with Gasteiger partial charge < -0.3 is 4.90 Å². The molecular formula is C17H26N2O. The molecule has 3 nitrogen and oxygen atoms in total. The molecule has 0 saturated carbocycles. The van der Waals surface area contributed by atoms with Gasteiger partial charge in [0.25, 0.3) is 0 Å². The number of rotatable bonds is 5. The molecule has 20 heavy (non-hydrogen) atoms. The first-order valence-corrected chi connectivity index (χ1v) is 7.60. The first-order valence-electron chi connectivity index (χ1n) is 7.60. The van der Waals surface area contributed by atoms with E-state index in [1.807, 2.05) is 31.2 Å². The van der Waals surface area contributed by atoms with Crippen LogP contribution in [0.2, 0.25) is 0 Å². The summed E-state index contributed by atoms with van der Waals surface area (Å²) < 4.78 is 0. The van der Waals surface area contributed by atoms with Gasteiger partial charge in [-0.05, 0) is 18.4 Å². The van der Waals surface area contributed by atoms with Crippen LogP contribution in [-0.2, 0) is 0 Å². The van der Waals surface area contributed by atoms with Gasteiger partial charge in [-0.3, -0.25) is 9.69 Å². The molecule has 0 spiro atoms. The maximum absolute atomic E-state index is 12.3. The van der Waals surface area contributed by atoms with Gasteiger partial charge in [0.15, 0.2) is 5.78 Å². The summed E-state index contributed by atoms with van der Waals surface area (Å²) in [5.41, 5.74) is 1.95. The van der Waals surface area contributed by atoms with Crippen LogP contribution in [0, 0.1) is 12.8 Å². The zero-order valence-electron chi connectivity index (χ0n) is 12.9. The van der Waals surface area contributed by atoms with Crippen LogP contribution in [0.4, 0.5) is 0 Å². The SMILES string of the molecule is Cc1ccccc1C(=O)CN1CCN(CC(C)C)CC1. The summed E-state index contributed by atoms with van der Waals surface area (Å²) in [6, 6.07) is 7.87. The summed E-state index contributed by atoms with van der Waals surface area (Å²) in [4.78, 5) is 17.1. The molecule has 0 radical (unpaired) electrons. The molecule has 0 atom stereocenters. The van der Waals surface area contributed by atoms with E-state index in [0.29, 0.717) is 6.54 Å². The van der Waals surface area contributed by atoms with Gasteiger partial charge >= 0.3 is 0 Å². The molecule has 0 aromatic heterocycles. The summed E-state index contributed by atoms with van der Waals surface area (Å²) in [5.74, 6) is 0.968. The predicted molar refractivity (Wildman–Crippen MR) is 83.2 cm³/mol. The Morgan fingerprint density at radius 2 is 1.70 bits per heavy atom. The van der Waals surface area contributed by atoms with Crippen molar-refractivity contribution in [2.75, 3.05) is 39.3 Å². The van der Waals surface area contributed by atoms with Crippen LogP contribution >= 0.6 is 0 Å². The van der Waals surface area contributed by atoms with Crippen molar-refractivity contribution in [2.45, 2.75) is 20.8 Å². The van der Waals surface area contributed by atoms with Crippen LogP contribution in [0.1, 0.15) is 29.8 Å². The average molecular weight is 274 g/mol. The lowest BCUT2D eigenvalue weighted by Crippen LogP contribution is -2.48. The highest BCUT2D eigenvalue weighted by Gasteiger charge is 2.20. The van der Waals surface area contributed by atoms with Crippen molar-refractivity contribution < 1.29 is 4.79 Å². The van der Waals surface area contributed by atoms with Crippen LogP contribution in [0.3, 0.4) is 0 Å². The minimum absolute atomic E-state index is 0.250. The molecule has 0 bridgehead atoms. The van der Waals surface area contributed by atoms with Crippen LogP contribution in [0.15, 0.2) is 24.3 Å². The van der Waals surface area contributed by atoms with Crippen molar-refractivity contribution in [3.05, 3.63) is 35.4 Å². The summed E-state index contributed by atoms with van der Waals surface area (Å²) >= 11 is 0. The molecule has 0 amide bonds. The second-order valence-electron chi connectivity index (χ2n) is 6.21. The number of ketones is 1. The molecule has 0 aliphatic carbocycles. The number of hydrogen-bond donors (Lipinski definition) is 0. The lowest BCUT2D eigenvalue weighted by atomic mass is 10.0. The second kappa shape index (κ2) is 7.00. The number of piperazine rings is 1. The van der Waals surface area contributed by atoms with Crippen molar-refractivity contribution in [1.29, 1.82) is 0 Å². The molecule has 0 N–H and O–H groups in total. The lowest BCUT2D eigenvalue weighted by molar-refractivity contribution is 0.0837. The van der Waals surface area contributed by atoms with E-state index in [-0.39, 0.29) is 5.78 Å². The van der Waals surface area contributed by atoms with Gasteiger partial charge in [0.2, 0.25) is 0 Å². The van der Waals surface area contributed by atoms with E-state index in [0.717, 1.165) is 43.2 Å². The Labute approximate surface area is 122 Å². The average Bonchev–Trinajstić information content (AvgIpc) is 2.41. The molecule has 1 saturated heterocycles. The third-order valence-electron chi connectivity index (χ3n) is 3.90. The minimum Gasteiger partial charge on any atom is -0.301 e. The highest BCUT2D eigenvalue weighted by Crippen LogP contribution is 2.10. The van der Waals surface area contributed by atoms with Crippen molar-refractivity contribution in [3.63, 3.8) is 0 Å². The van der Waals surface area contributed by atoms with Crippen LogP contribution in [-0.4, -0.2) is 54.9 Å². The Kier molecular flexibility index (Phi) is 5.32. The van der Waals surface area contributed by atoms with Crippen molar-refractivity contribution in [1.82, 2.24) is 9.80 Å². The number of aryl methyl sites for hydroxylation is 1. The fourth-order valence-corrected chi connectivity index (χ4v) is 2.82. The molecule has 1 aliphatic heterocycles. The summed E-state index contributed by atoms with van der Waals surface area (Å²) in [6.45, 7) is 12.4. The van der Waals surface area contributed by atoms with Gasteiger partial charge in [-0.15, -0.1) is 0 Å². The Morgan fingerprint density at radius 3 is 2.30 bits per heavy atom. The largest absolute Gasteiger partial charge is 0.301 e. The van der Waals surface area contributed by atoms with E-state index in [2.05, 4.69) is 23.6 Å². The number of hydrogen-bond acceptors (Lipinski definition) is 3. The third kappa shape index (κ3) is 4.15. The van der Waals surface area contributed by atoms with Crippen LogP contribution < -0.4 is 0 Å². The molecule has 1 heterocycles. The molecule has 2 rings (SSSR count). The highest BCUT2D eigenvalue weighted by atomic mass is 16.1. The zero-order chi connectivity index (χ0) is 14.5. The van der Waals surface area contributed by atoms with Gasteiger partial charge in [-0.1, -0.05) is 38.1 Å². The van der Waals surface area contributed by atoms with E-state index >= 15 is 0 Å². The molecule has 110 valence electrons. The van der Waals surface area contributed by atoms with Gasteiger partial charge in [0, 0.05) is 38.3 Å². The van der Waals surface area contributed by atoms with E-state index in [9.17, 15) is 4.79 Å². The number of carbonyl (C=O) groups is 1. The number of carbonyl (C=O) groups excluding carboxylic acids is 1. The Hall–Kier alpha value is -1.19. The maximum atomic E-state index is 12.3. The number of benzene rings is 1. The third-order valence-corrected chi connectivity index (χ3v) is 3.90. The summed E-state index contributed by atoms with van der Waals surface area (Å²) in [7, 11) is 0. The molecule has 1 aliphatic rings. The van der Waals surface area contributed by atoms with Crippen LogP contribution in [0.25, 0.3) is 0 Å². The smallest absolute Gasteiger partial charge is 0.177 e. The number of nitrogens with zero attached hydrogens (tertiary/aromatic N) is 2. The maximum Gasteiger partial charge on any atom is 0.177 e. The van der Waals surface area contributed by atoms with Gasteiger partial charge in [0.05, 0.1) is 6.54 Å². The number of Topliss-reactive ketones (excluding diaryl/α,β-unsaturated/α-hetero) is 1. The van der Waals surface area contributed by atoms with Crippen molar-refractivity contribution in [2.24, 2.45) is 5.92 Å². The molecule has 1 fully saturated rings. The standard InChI is InChI=1S/C17H26N2O/c1-14(2)12-18-8-10-19(11-9-18)13-17(20)16-7-5-4-6-15(16)3/h4-7,14H,8-13H2,1-3H3. The Bertz CT molecular complexity index is 448. The van der Waals surface area contributed by atoms with E-state index < -0.39 is 0 Å². The van der Waals surface area contributed by atoms with Gasteiger partial charge in [-0.25, -0.2) is 0 Å². The van der Waals surface area contributed by atoms with E-state index in [1.54, 1.807) is 0 Å². The quantitative estimate of drug-likeness (QED) is 0.771.